The number of morpholine rings is 1. The molecule has 0 unspecified atom stereocenters. The highest BCUT2D eigenvalue weighted by Gasteiger charge is 2.18. The number of nitrogens with zero attached hydrogens (tertiary/aromatic N) is 1. The van der Waals surface area contributed by atoms with Gasteiger partial charge in [0.15, 0.2) is 0 Å². The van der Waals surface area contributed by atoms with Gasteiger partial charge in [-0.1, -0.05) is 24.3 Å². The molecule has 2 aromatic carbocycles. The molecule has 2 N–H and O–H groups in total. The summed E-state index contributed by atoms with van der Waals surface area (Å²) in [6.07, 6.45) is 1.92. The Balaban J connectivity index is 1.49. The van der Waals surface area contributed by atoms with E-state index in [1.54, 1.807) is 0 Å². The minimum absolute atomic E-state index is 0.0475. The first-order chi connectivity index (χ1) is 12.3. The van der Waals surface area contributed by atoms with Crippen LogP contribution in [0.15, 0.2) is 54.7 Å². The van der Waals surface area contributed by atoms with Crippen molar-refractivity contribution in [1.29, 1.82) is 0 Å². The number of carbonyl (C=O) groups is 1. The Bertz CT molecular complexity index is 881. The summed E-state index contributed by atoms with van der Waals surface area (Å²) in [5.41, 5.74) is 3.85. The average molecular weight is 335 g/mol. The van der Waals surface area contributed by atoms with E-state index in [1.165, 1.54) is 5.39 Å². The average Bonchev–Trinajstić information content (AvgIpc) is 3.14. The highest BCUT2D eigenvalue weighted by molar-refractivity contribution is 5.99. The van der Waals surface area contributed by atoms with Crippen LogP contribution in [0, 0.1) is 0 Å². The topological polar surface area (TPSA) is 57.4 Å². The molecule has 3 aromatic rings. The van der Waals surface area contributed by atoms with E-state index in [0.717, 1.165) is 29.9 Å². The maximum atomic E-state index is 12.7. The molecule has 1 amide bonds. The predicted octanol–water partition coefficient (Wildman–Crippen LogP) is 2.93. The Morgan fingerprint density at radius 2 is 1.96 bits per heavy atom. The van der Waals surface area contributed by atoms with Gasteiger partial charge in [0.2, 0.25) is 0 Å². The number of hydrogen-bond acceptors (Lipinski definition) is 3. The number of anilines is 1. The van der Waals surface area contributed by atoms with E-state index in [9.17, 15) is 4.79 Å². The van der Waals surface area contributed by atoms with Gasteiger partial charge >= 0.3 is 0 Å². The summed E-state index contributed by atoms with van der Waals surface area (Å²) in [6, 6.07) is 16.0. The van der Waals surface area contributed by atoms with Crippen LogP contribution in [0.25, 0.3) is 10.9 Å². The molecule has 25 heavy (non-hydrogen) atoms. The van der Waals surface area contributed by atoms with Gasteiger partial charge in [0.25, 0.3) is 5.91 Å². The summed E-state index contributed by atoms with van der Waals surface area (Å²) in [7, 11) is 0. The molecule has 0 aliphatic carbocycles. The molecule has 4 rings (SSSR count). The van der Waals surface area contributed by atoms with Crippen molar-refractivity contribution in [2.45, 2.75) is 6.54 Å². The predicted molar refractivity (Wildman–Crippen MR) is 98.9 cm³/mol. The Morgan fingerprint density at radius 3 is 2.84 bits per heavy atom. The molecule has 1 aliphatic rings. The van der Waals surface area contributed by atoms with Crippen molar-refractivity contribution in [3.63, 3.8) is 0 Å². The lowest BCUT2D eigenvalue weighted by molar-refractivity contribution is 0.0949. The van der Waals surface area contributed by atoms with Crippen LogP contribution in [-0.4, -0.2) is 37.2 Å². The second-order valence-corrected chi connectivity index (χ2v) is 6.20. The third-order valence-corrected chi connectivity index (χ3v) is 4.57. The molecule has 0 saturated carbocycles. The maximum absolute atomic E-state index is 12.7. The van der Waals surface area contributed by atoms with Gasteiger partial charge in [-0.3, -0.25) is 4.79 Å². The summed E-state index contributed by atoms with van der Waals surface area (Å²) >= 11 is 0. The summed E-state index contributed by atoms with van der Waals surface area (Å²) in [5.74, 6) is -0.0475. The molecule has 1 aliphatic heterocycles. The zero-order chi connectivity index (χ0) is 17.1. The van der Waals surface area contributed by atoms with Crippen molar-refractivity contribution < 1.29 is 9.53 Å². The Morgan fingerprint density at radius 1 is 1.12 bits per heavy atom. The van der Waals surface area contributed by atoms with Crippen LogP contribution in [0.4, 0.5) is 5.69 Å². The number of H-pyrrole nitrogens is 1. The number of fused-ring (bicyclic) bond motifs is 1. The third kappa shape index (κ3) is 3.37. The lowest BCUT2D eigenvalue weighted by Gasteiger charge is -2.30. The van der Waals surface area contributed by atoms with Crippen molar-refractivity contribution >= 4 is 22.5 Å². The Kier molecular flexibility index (Phi) is 4.39. The van der Waals surface area contributed by atoms with Crippen molar-refractivity contribution in [2.24, 2.45) is 0 Å². The molecule has 0 radical (unpaired) electrons. The Hall–Kier alpha value is -2.79. The van der Waals surface area contributed by atoms with Crippen LogP contribution in [-0.2, 0) is 11.3 Å². The maximum Gasteiger partial charge on any atom is 0.253 e. The third-order valence-electron chi connectivity index (χ3n) is 4.57. The quantitative estimate of drug-likeness (QED) is 0.771. The zero-order valence-electron chi connectivity index (χ0n) is 14.0. The van der Waals surface area contributed by atoms with E-state index in [0.29, 0.717) is 25.3 Å². The second kappa shape index (κ2) is 6.99. The molecule has 0 spiro atoms. The summed E-state index contributed by atoms with van der Waals surface area (Å²) < 4.78 is 5.41. The lowest BCUT2D eigenvalue weighted by Crippen LogP contribution is -2.37. The normalized spacial score (nSPS) is 14.6. The number of amides is 1. The first kappa shape index (κ1) is 15.7. The number of carbonyl (C=O) groups excluding carboxylic acids is 1. The number of aromatic nitrogens is 1. The minimum Gasteiger partial charge on any atom is -0.378 e. The number of aromatic amines is 1. The van der Waals surface area contributed by atoms with Gasteiger partial charge in [-0.2, -0.15) is 0 Å². The van der Waals surface area contributed by atoms with Gasteiger partial charge in [-0.05, 0) is 35.2 Å². The van der Waals surface area contributed by atoms with Gasteiger partial charge in [0, 0.05) is 37.0 Å². The van der Waals surface area contributed by atoms with E-state index in [2.05, 4.69) is 27.3 Å². The summed E-state index contributed by atoms with van der Waals surface area (Å²) in [6.45, 7) is 3.53. The van der Waals surface area contributed by atoms with Gasteiger partial charge in [0.05, 0.1) is 18.8 Å². The molecule has 5 nitrogen and oxygen atoms in total. The van der Waals surface area contributed by atoms with Crippen molar-refractivity contribution in [1.82, 2.24) is 10.3 Å². The second-order valence-electron chi connectivity index (χ2n) is 6.20. The number of benzene rings is 2. The monoisotopic (exact) mass is 335 g/mol. The fourth-order valence-corrected chi connectivity index (χ4v) is 3.23. The minimum atomic E-state index is -0.0475. The van der Waals surface area contributed by atoms with Crippen molar-refractivity contribution in [3.8, 4) is 0 Å². The Labute approximate surface area is 146 Å². The first-order valence-electron chi connectivity index (χ1n) is 8.57. The lowest BCUT2D eigenvalue weighted by atomic mass is 10.1. The molecule has 0 atom stereocenters. The highest BCUT2D eigenvalue weighted by atomic mass is 16.5. The molecular formula is C20H21N3O2. The number of para-hydroxylation sites is 1. The highest BCUT2D eigenvalue weighted by Crippen LogP contribution is 2.21. The SMILES string of the molecule is O=C(NCc1ccc2cc[nH]c2c1)c1ccccc1N1CCOCC1. The van der Waals surface area contributed by atoms with Crippen LogP contribution < -0.4 is 10.2 Å². The number of rotatable bonds is 4. The molecular weight excluding hydrogens is 314 g/mol. The van der Waals surface area contributed by atoms with Gasteiger partial charge in [0.1, 0.15) is 0 Å². The molecule has 128 valence electrons. The zero-order valence-corrected chi connectivity index (χ0v) is 14.0. The van der Waals surface area contributed by atoms with Crippen LogP contribution in [0.2, 0.25) is 0 Å². The molecule has 2 heterocycles. The van der Waals surface area contributed by atoms with Gasteiger partial charge in [-0.25, -0.2) is 0 Å². The van der Waals surface area contributed by atoms with E-state index >= 15 is 0 Å². The molecule has 1 saturated heterocycles. The van der Waals surface area contributed by atoms with E-state index in [1.807, 2.05) is 42.6 Å². The first-order valence-corrected chi connectivity index (χ1v) is 8.57. The number of nitrogens with one attached hydrogen (secondary N) is 2. The molecule has 1 aromatic heterocycles. The smallest absolute Gasteiger partial charge is 0.253 e. The standard InChI is InChI=1S/C20H21N3O2/c24-20(22-14-15-5-6-16-7-8-21-18(16)13-15)17-3-1-2-4-19(17)23-9-11-25-12-10-23/h1-8,13,21H,9-12,14H2,(H,22,24). The summed E-state index contributed by atoms with van der Waals surface area (Å²) in [4.78, 5) is 18.1. The molecule has 5 heteroatoms. The van der Waals surface area contributed by atoms with Crippen molar-refractivity contribution in [3.05, 3.63) is 65.9 Å². The fraction of sp³-hybridized carbons (Fsp3) is 0.250. The van der Waals surface area contributed by atoms with E-state index in [4.69, 9.17) is 4.74 Å². The number of hydrogen-bond donors (Lipinski definition) is 2. The van der Waals surface area contributed by atoms with Gasteiger partial charge < -0.3 is 19.9 Å². The molecule has 0 bridgehead atoms. The van der Waals surface area contributed by atoms with Gasteiger partial charge in [-0.15, -0.1) is 0 Å². The fourth-order valence-electron chi connectivity index (χ4n) is 3.23. The van der Waals surface area contributed by atoms with Crippen molar-refractivity contribution in [2.75, 3.05) is 31.2 Å². The van der Waals surface area contributed by atoms with Crippen LogP contribution >= 0.6 is 0 Å². The van der Waals surface area contributed by atoms with E-state index < -0.39 is 0 Å². The largest absolute Gasteiger partial charge is 0.378 e. The van der Waals surface area contributed by atoms with E-state index in [-0.39, 0.29) is 5.91 Å². The summed E-state index contributed by atoms with van der Waals surface area (Å²) in [5, 5.41) is 4.21. The van der Waals surface area contributed by atoms with Crippen LogP contribution in [0.5, 0.6) is 0 Å². The van der Waals surface area contributed by atoms with Crippen LogP contribution in [0.3, 0.4) is 0 Å². The molecule has 1 fully saturated rings. The number of ether oxygens (including phenoxy) is 1. The van der Waals surface area contributed by atoms with Crippen LogP contribution in [0.1, 0.15) is 15.9 Å².